The average molecular weight is 291 g/mol. The van der Waals surface area contributed by atoms with Crippen LogP contribution in [0.4, 0.5) is 0 Å². The molecule has 1 aromatic rings. The summed E-state index contributed by atoms with van der Waals surface area (Å²) in [6, 6.07) is 5.83. The van der Waals surface area contributed by atoms with Crippen LogP contribution < -0.4 is 5.73 Å². The maximum atomic E-state index is 6.12. The van der Waals surface area contributed by atoms with Crippen LogP contribution in [0, 0.1) is 5.92 Å². The van der Waals surface area contributed by atoms with Crippen molar-refractivity contribution in [2.24, 2.45) is 11.7 Å². The van der Waals surface area contributed by atoms with Crippen molar-refractivity contribution in [2.45, 2.75) is 32.7 Å². The summed E-state index contributed by atoms with van der Waals surface area (Å²) in [6.45, 7) is 4.42. The largest absolute Gasteiger partial charge is 0.324 e. The van der Waals surface area contributed by atoms with Crippen molar-refractivity contribution >= 4 is 27.5 Å². The first-order valence-corrected chi connectivity index (χ1v) is 6.38. The van der Waals surface area contributed by atoms with Gasteiger partial charge >= 0.3 is 0 Å². The SMILES string of the molecule is CC(C)CC[C@H](N)c1cc(Cl)ccc1Br. The summed E-state index contributed by atoms with van der Waals surface area (Å²) < 4.78 is 1.04. The Bertz CT molecular complexity index is 325. The molecule has 0 aromatic heterocycles. The molecule has 0 unspecified atom stereocenters. The highest BCUT2D eigenvalue weighted by Gasteiger charge is 2.10. The van der Waals surface area contributed by atoms with Gasteiger partial charge in [-0.25, -0.2) is 0 Å². The Labute approximate surface area is 105 Å². The number of hydrogen-bond acceptors (Lipinski definition) is 1. The van der Waals surface area contributed by atoms with Crippen molar-refractivity contribution in [3.63, 3.8) is 0 Å². The lowest BCUT2D eigenvalue weighted by Crippen LogP contribution is -2.11. The summed E-state index contributed by atoms with van der Waals surface area (Å²) in [4.78, 5) is 0. The Hall–Kier alpha value is -0.0500. The Kier molecular flexibility index (Phi) is 5.10. The van der Waals surface area contributed by atoms with Gasteiger partial charge in [0.15, 0.2) is 0 Å². The van der Waals surface area contributed by atoms with Gasteiger partial charge < -0.3 is 5.73 Å². The molecule has 1 rings (SSSR count). The Morgan fingerprint density at radius 2 is 2.00 bits per heavy atom. The highest BCUT2D eigenvalue weighted by atomic mass is 79.9. The molecule has 1 atom stereocenters. The molecule has 0 bridgehead atoms. The summed E-state index contributed by atoms with van der Waals surface area (Å²) in [5.41, 5.74) is 7.22. The molecule has 2 N–H and O–H groups in total. The zero-order valence-corrected chi connectivity index (χ0v) is 11.5. The topological polar surface area (TPSA) is 26.0 Å². The monoisotopic (exact) mass is 289 g/mol. The third kappa shape index (κ3) is 4.13. The van der Waals surface area contributed by atoms with Crippen LogP contribution in [0.2, 0.25) is 5.02 Å². The van der Waals surface area contributed by atoms with Crippen LogP contribution in [-0.2, 0) is 0 Å². The first-order valence-electron chi connectivity index (χ1n) is 5.21. The first-order chi connectivity index (χ1) is 7.00. The zero-order chi connectivity index (χ0) is 11.4. The second-order valence-corrected chi connectivity index (χ2v) is 5.53. The lowest BCUT2D eigenvalue weighted by Gasteiger charge is -2.15. The fraction of sp³-hybridized carbons (Fsp3) is 0.500. The summed E-state index contributed by atoms with van der Waals surface area (Å²) >= 11 is 9.45. The number of hydrogen-bond donors (Lipinski definition) is 1. The minimum absolute atomic E-state index is 0.0699. The van der Waals surface area contributed by atoms with E-state index in [1.807, 2.05) is 18.2 Å². The van der Waals surface area contributed by atoms with E-state index in [1.54, 1.807) is 0 Å². The highest BCUT2D eigenvalue weighted by Crippen LogP contribution is 2.28. The van der Waals surface area contributed by atoms with E-state index in [-0.39, 0.29) is 6.04 Å². The van der Waals surface area contributed by atoms with Crippen LogP contribution in [0.15, 0.2) is 22.7 Å². The van der Waals surface area contributed by atoms with E-state index in [9.17, 15) is 0 Å². The number of halogens is 2. The fourth-order valence-corrected chi connectivity index (χ4v) is 2.19. The molecule has 1 nitrogen and oxygen atoms in total. The van der Waals surface area contributed by atoms with Gasteiger partial charge in [0.1, 0.15) is 0 Å². The lowest BCUT2D eigenvalue weighted by molar-refractivity contribution is 0.506. The van der Waals surface area contributed by atoms with Crippen LogP contribution in [0.3, 0.4) is 0 Å². The van der Waals surface area contributed by atoms with Gasteiger partial charge in [0, 0.05) is 15.5 Å². The molecule has 1 aromatic carbocycles. The molecule has 0 saturated heterocycles. The molecule has 0 spiro atoms. The normalized spacial score (nSPS) is 13.2. The van der Waals surface area contributed by atoms with Gasteiger partial charge in [-0.15, -0.1) is 0 Å². The average Bonchev–Trinajstić information content (AvgIpc) is 2.18. The predicted octanol–water partition coefficient (Wildman–Crippen LogP) is 4.54. The highest BCUT2D eigenvalue weighted by molar-refractivity contribution is 9.10. The maximum absolute atomic E-state index is 6.12. The van der Waals surface area contributed by atoms with Gasteiger partial charge in [0.2, 0.25) is 0 Å². The van der Waals surface area contributed by atoms with E-state index in [0.29, 0.717) is 5.92 Å². The van der Waals surface area contributed by atoms with E-state index in [1.165, 1.54) is 0 Å². The summed E-state index contributed by atoms with van der Waals surface area (Å²) in [5.74, 6) is 0.689. The number of nitrogens with two attached hydrogens (primary N) is 1. The van der Waals surface area contributed by atoms with E-state index in [4.69, 9.17) is 17.3 Å². The lowest BCUT2D eigenvalue weighted by atomic mass is 9.98. The van der Waals surface area contributed by atoms with Gasteiger partial charge in [-0.3, -0.25) is 0 Å². The van der Waals surface area contributed by atoms with Crippen LogP contribution >= 0.6 is 27.5 Å². The van der Waals surface area contributed by atoms with Crippen LogP contribution in [0.5, 0.6) is 0 Å². The molecule has 0 amide bonds. The van der Waals surface area contributed by atoms with E-state index in [2.05, 4.69) is 29.8 Å². The third-order valence-electron chi connectivity index (χ3n) is 2.41. The summed E-state index contributed by atoms with van der Waals surface area (Å²) in [5, 5.41) is 0.744. The molecular formula is C12H17BrClN. The molecule has 15 heavy (non-hydrogen) atoms. The van der Waals surface area contributed by atoms with Crippen LogP contribution in [0.25, 0.3) is 0 Å². The zero-order valence-electron chi connectivity index (χ0n) is 9.13. The molecule has 0 heterocycles. The fourth-order valence-electron chi connectivity index (χ4n) is 1.47. The molecule has 0 aliphatic carbocycles. The molecule has 0 saturated carbocycles. The molecule has 0 aliphatic heterocycles. The van der Waals surface area contributed by atoms with Crippen molar-refractivity contribution in [2.75, 3.05) is 0 Å². The molecule has 0 radical (unpaired) electrons. The standard InChI is InChI=1S/C12H17BrClN/c1-8(2)3-6-12(15)10-7-9(14)4-5-11(10)13/h4-5,7-8,12H,3,6,15H2,1-2H3/t12-/m0/s1. The maximum Gasteiger partial charge on any atom is 0.0410 e. The van der Waals surface area contributed by atoms with Gasteiger partial charge in [0.25, 0.3) is 0 Å². The Morgan fingerprint density at radius 1 is 1.33 bits per heavy atom. The van der Waals surface area contributed by atoms with Crippen molar-refractivity contribution in [1.82, 2.24) is 0 Å². The molecule has 84 valence electrons. The number of rotatable bonds is 4. The Morgan fingerprint density at radius 3 is 2.60 bits per heavy atom. The summed E-state index contributed by atoms with van der Waals surface area (Å²) in [6.07, 6.45) is 2.14. The van der Waals surface area contributed by atoms with Crippen molar-refractivity contribution < 1.29 is 0 Å². The summed E-state index contributed by atoms with van der Waals surface area (Å²) in [7, 11) is 0. The molecular weight excluding hydrogens is 273 g/mol. The van der Waals surface area contributed by atoms with Crippen LogP contribution in [-0.4, -0.2) is 0 Å². The van der Waals surface area contributed by atoms with Gasteiger partial charge in [-0.2, -0.15) is 0 Å². The minimum Gasteiger partial charge on any atom is -0.324 e. The van der Waals surface area contributed by atoms with Crippen molar-refractivity contribution in [3.05, 3.63) is 33.3 Å². The molecule has 0 fully saturated rings. The van der Waals surface area contributed by atoms with Gasteiger partial charge in [-0.05, 0) is 42.5 Å². The minimum atomic E-state index is 0.0699. The molecule has 3 heteroatoms. The predicted molar refractivity (Wildman–Crippen MR) is 70.2 cm³/mol. The second-order valence-electron chi connectivity index (χ2n) is 4.24. The number of benzene rings is 1. The van der Waals surface area contributed by atoms with E-state index >= 15 is 0 Å². The van der Waals surface area contributed by atoms with Crippen molar-refractivity contribution in [1.29, 1.82) is 0 Å². The first kappa shape index (κ1) is 13.0. The van der Waals surface area contributed by atoms with E-state index in [0.717, 1.165) is 27.9 Å². The van der Waals surface area contributed by atoms with Crippen LogP contribution in [0.1, 0.15) is 38.3 Å². The molecule has 0 aliphatic rings. The van der Waals surface area contributed by atoms with Gasteiger partial charge in [-0.1, -0.05) is 41.4 Å². The van der Waals surface area contributed by atoms with Gasteiger partial charge in [0.05, 0.1) is 0 Å². The third-order valence-corrected chi connectivity index (χ3v) is 3.37. The smallest absolute Gasteiger partial charge is 0.0410 e. The Balaban J connectivity index is 2.72. The second kappa shape index (κ2) is 5.88. The van der Waals surface area contributed by atoms with Crippen molar-refractivity contribution in [3.8, 4) is 0 Å². The van der Waals surface area contributed by atoms with E-state index < -0.39 is 0 Å². The quantitative estimate of drug-likeness (QED) is 0.865.